The number of nitrogens with zero attached hydrogens (tertiary/aromatic N) is 1. The molecule has 0 amide bonds. The second-order valence-corrected chi connectivity index (χ2v) is 9.44. The monoisotopic (exact) mass is 473 g/mol. The van der Waals surface area contributed by atoms with Gasteiger partial charge in [0.1, 0.15) is 6.10 Å². The predicted molar refractivity (Wildman–Crippen MR) is 137 cm³/mol. The number of carbonyl (C=O) groups is 1. The molecule has 1 fully saturated rings. The Morgan fingerprint density at radius 3 is 1.94 bits per heavy atom. The van der Waals surface area contributed by atoms with E-state index < -0.39 is 12.1 Å². The second kappa shape index (κ2) is 12.6. The first kappa shape index (κ1) is 25.1. The van der Waals surface area contributed by atoms with E-state index in [-0.39, 0.29) is 24.4 Å². The first-order chi connectivity index (χ1) is 17.1. The number of β-amino-alcohol motifs (C(OH)–C–C–N with tert-alkyl or cyclic N) is 1. The minimum atomic E-state index is -0.794. The zero-order valence-corrected chi connectivity index (χ0v) is 20.1. The Labute approximate surface area is 208 Å². The SMILES string of the molecule is O=C(O)C[C@H](CN1CC[C@H](CCOC(c2ccccc2)c2ccccc2)[C@@H](O)C1)c1ccccc1. The quantitative estimate of drug-likeness (QED) is 0.404. The number of ether oxygens (including phenoxy) is 1. The van der Waals surface area contributed by atoms with E-state index in [1.807, 2.05) is 66.7 Å². The second-order valence-electron chi connectivity index (χ2n) is 9.44. The molecule has 0 bridgehead atoms. The molecular weight excluding hydrogens is 438 g/mol. The summed E-state index contributed by atoms with van der Waals surface area (Å²) in [4.78, 5) is 13.6. The first-order valence-corrected chi connectivity index (χ1v) is 12.5. The van der Waals surface area contributed by atoms with E-state index in [1.54, 1.807) is 0 Å². The third-order valence-corrected chi connectivity index (χ3v) is 6.95. The zero-order chi connectivity index (χ0) is 24.5. The molecule has 4 rings (SSSR count). The maximum Gasteiger partial charge on any atom is 0.304 e. The van der Waals surface area contributed by atoms with E-state index in [4.69, 9.17) is 4.74 Å². The summed E-state index contributed by atoms with van der Waals surface area (Å²) in [6, 6.07) is 30.3. The van der Waals surface area contributed by atoms with E-state index in [9.17, 15) is 15.0 Å². The normalized spacial score (nSPS) is 19.5. The van der Waals surface area contributed by atoms with Crippen LogP contribution < -0.4 is 0 Å². The Kier molecular flexibility index (Phi) is 9.07. The highest BCUT2D eigenvalue weighted by Gasteiger charge is 2.30. The molecule has 3 aromatic rings. The van der Waals surface area contributed by atoms with Crippen LogP contribution in [-0.4, -0.2) is 53.4 Å². The van der Waals surface area contributed by atoms with E-state index in [2.05, 4.69) is 29.2 Å². The van der Waals surface area contributed by atoms with Gasteiger partial charge in [0.05, 0.1) is 12.5 Å². The lowest BCUT2D eigenvalue weighted by atomic mass is 9.89. The Bertz CT molecular complexity index is 988. The summed E-state index contributed by atoms with van der Waals surface area (Å²) in [5.74, 6) is -0.704. The van der Waals surface area contributed by atoms with Crippen molar-refractivity contribution < 1.29 is 19.7 Å². The number of hydrogen-bond acceptors (Lipinski definition) is 4. The predicted octanol–water partition coefficient (Wildman–Crippen LogP) is 5.12. The van der Waals surface area contributed by atoms with Crippen LogP contribution in [0.5, 0.6) is 0 Å². The summed E-state index contributed by atoms with van der Waals surface area (Å²) in [6.07, 6.45) is 1.19. The summed E-state index contributed by atoms with van der Waals surface area (Å²) in [7, 11) is 0. The van der Waals surface area contributed by atoms with Gasteiger partial charge in [-0.2, -0.15) is 0 Å². The number of benzene rings is 3. The van der Waals surface area contributed by atoms with Crippen molar-refractivity contribution in [1.82, 2.24) is 4.90 Å². The van der Waals surface area contributed by atoms with Crippen LogP contribution in [0.25, 0.3) is 0 Å². The molecule has 3 atom stereocenters. The highest BCUT2D eigenvalue weighted by atomic mass is 16.5. The third kappa shape index (κ3) is 7.25. The van der Waals surface area contributed by atoms with Crippen molar-refractivity contribution in [2.24, 2.45) is 5.92 Å². The highest BCUT2D eigenvalue weighted by molar-refractivity contribution is 5.68. The number of carboxylic acid groups (broad SMARTS) is 1. The number of hydrogen-bond donors (Lipinski definition) is 2. The van der Waals surface area contributed by atoms with Gasteiger partial charge in [-0.25, -0.2) is 0 Å². The number of likely N-dealkylation sites (tertiary alicyclic amines) is 1. The number of aliphatic hydroxyl groups is 1. The van der Waals surface area contributed by atoms with E-state index in [0.717, 1.165) is 36.1 Å². The smallest absolute Gasteiger partial charge is 0.304 e. The van der Waals surface area contributed by atoms with Crippen LogP contribution in [0.4, 0.5) is 0 Å². The first-order valence-electron chi connectivity index (χ1n) is 12.5. The van der Waals surface area contributed by atoms with Gasteiger partial charge in [0.2, 0.25) is 0 Å². The zero-order valence-electron chi connectivity index (χ0n) is 20.1. The lowest BCUT2D eigenvalue weighted by Crippen LogP contribution is -2.45. The number of piperidine rings is 1. The van der Waals surface area contributed by atoms with Gasteiger partial charge in [0.15, 0.2) is 0 Å². The molecule has 2 N–H and O–H groups in total. The molecule has 0 aliphatic carbocycles. The van der Waals surface area contributed by atoms with Crippen molar-refractivity contribution >= 4 is 5.97 Å². The van der Waals surface area contributed by atoms with Crippen molar-refractivity contribution in [1.29, 1.82) is 0 Å². The molecule has 5 heteroatoms. The Balaban J connectivity index is 1.31. The molecular formula is C30H35NO4. The molecule has 1 aliphatic heterocycles. The van der Waals surface area contributed by atoms with Gasteiger partial charge < -0.3 is 19.8 Å². The van der Waals surface area contributed by atoms with Gasteiger partial charge in [0, 0.05) is 25.6 Å². The van der Waals surface area contributed by atoms with Crippen LogP contribution in [-0.2, 0) is 9.53 Å². The summed E-state index contributed by atoms with van der Waals surface area (Å²) >= 11 is 0. The summed E-state index contributed by atoms with van der Waals surface area (Å²) in [6.45, 7) is 2.63. The van der Waals surface area contributed by atoms with E-state index >= 15 is 0 Å². The van der Waals surface area contributed by atoms with Crippen molar-refractivity contribution in [3.63, 3.8) is 0 Å². The molecule has 0 saturated carbocycles. The van der Waals surface area contributed by atoms with Crippen LogP contribution in [0.3, 0.4) is 0 Å². The highest BCUT2D eigenvalue weighted by Crippen LogP contribution is 2.29. The molecule has 1 heterocycles. The Morgan fingerprint density at radius 1 is 0.886 bits per heavy atom. The Morgan fingerprint density at radius 2 is 1.43 bits per heavy atom. The number of aliphatic hydroxyl groups excluding tert-OH is 1. The minimum absolute atomic E-state index is 0.0849. The lowest BCUT2D eigenvalue weighted by molar-refractivity contribution is -0.137. The number of aliphatic carboxylic acids is 1. The Hall–Kier alpha value is -2.99. The average molecular weight is 474 g/mol. The fraction of sp³-hybridized carbons (Fsp3) is 0.367. The third-order valence-electron chi connectivity index (χ3n) is 6.95. The van der Waals surface area contributed by atoms with Crippen LogP contribution in [0.15, 0.2) is 91.0 Å². The molecule has 0 aromatic heterocycles. The van der Waals surface area contributed by atoms with Gasteiger partial charge in [-0.1, -0.05) is 91.0 Å². The molecule has 0 spiro atoms. The van der Waals surface area contributed by atoms with Gasteiger partial charge in [-0.3, -0.25) is 4.79 Å². The molecule has 1 aliphatic rings. The fourth-order valence-corrected chi connectivity index (χ4v) is 5.06. The van der Waals surface area contributed by atoms with Crippen LogP contribution >= 0.6 is 0 Å². The van der Waals surface area contributed by atoms with E-state index in [0.29, 0.717) is 19.7 Å². The summed E-state index contributed by atoms with van der Waals surface area (Å²) in [5.41, 5.74) is 3.28. The van der Waals surface area contributed by atoms with Gasteiger partial charge >= 0.3 is 5.97 Å². The van der Waals surface area contributed by atoms with Crippen molar-refractivity contribution in [3.8, 4) is 0 Å². The van der Waals surface area contributed by atoms with E-state index in [1.165, 1.54) is 0 Å². The van der Waals surface area contributed by atoms with Gasteiger partial charge in [-0.15, -0.1) is 0 Å². The van der Waals surface area contributed by atoms with Crippen LogP contribution in [0.2, 0.25) is 0 Å². The maximum absolute atomic E-state index is 11.4. The van der Waals surface area contributed by atoms with Crippen molar-refractivity contribution in [3.05, 3.63) is 108 Å². The number of rotatable bonds is 11. The minimum Gasteiger partial charge on any atom is -0.481 e. The fourth-order valence-electron chi connectivity index (χ4n) is 5.06. The topological polar surface area (TPSA) is 70.0 Å². The molecule has 35 heavy (non-hydrogen) atoms. The average Bonchev–Trinajstić information content (AvgIpc) is 2.88. The molecule has 3 aromatic carbocycles. The van der Waals surface area contributed by atoms with Crippen molar-refractivity contribution in [2.75, 3.05) is 26.2 Å². The lowest BCUT2D eigenvalue weighted by Gasteiger charge is -2.37. The largest absolute Gasteiger partial charge is 0.481 e. The molecule has 0 unspecified atom stereocenters. The maximum atomic E-state index is 11.4. The molecule has 184 valence electrons. The van der Waals surface area contributed by atoms with Crippen molar-refractivity contribution in [2.45, 2.75) is 37.4 Å². The molecule has 1 saturated heterocycles. The van der Waals surface area contributed by atoms with Crippen LogP contribution in [0, 0.1) is 5.92 Å². The number of carboxylic acids is 1. The summed E-state index contributed by atoms with van der Waals surface area (Å²) < 4.78 is 6.37. The van der Waals surface area contributed by atoms with Gasteiger partial charge in [0.25, 0.3) is 0 Å². The molecule has 0 radical (unpaired) electrons. The van der Waals surface area contributed by atoms with Gasteiger partial charge in [-0.05, 0) is 42.0 Å². The molecule has 5 nitrogen and oxygen atoms in total. The summed E-state index contributed by atoms with van der Waals surface area (Å²) in [5, 5.41) is 20.3. The van der Waals surface area contributed by atoms with Crippen LogP contribution in [0.1, 0.15) is 48.0 Å². The standard InChI is InChI=1S/C30H35NO4/c32-28-22-31(21-27(20-29(33)34)23-10-4-1-5-11-23)18-16-24(28)17-19-35-30(25-12-6-2-7-13-25)26-14-8-3-9-15-26/h1-15,24,27-28,30,32H,16-22H2,(H,33,34)/t24-,27-,28+/m1/s1.